The summed E-state index contributed by atoms with van der Waals surface area (Å²) in [4.78, 5) is 23.0. The first-order chi connectivity index (χ1) is 8.58. The fourth-order valence-electron chi connectivity index (χ4n) is 2.38. The number of rotatable bonds is 3. The average molecular weight is 251 g/mol. The number of nitrogens with zero attached hydrogens (tertiary/aromatic N) is 2. The van der Waals surface area contributed by atoms with Crippen LogP contribution in [0.2, 0.25) is 0 Å². The molecule has 6 heteroatoms. The van der Waals surface area contributed by atoms with E-state index in [0.717, 1.165) is 19.3 Å². The number of carboxylic acid groups (broad SMARTS) is 1. The Morgan fingerprint density at radius 3 is 2.78 bits per heavy atom. The van der Waals surface area contributed by atoms with E-state index in [0.29, 0.717) is 12.1 Å². The van der Waals surface area contributed by atoms with Crippen LogP contribution in [-0.2, 0) is 11.8 Å². The summed E-state index contributed by atoms with van der Waals surface area (Å²) >= 11 is 0. The Kier molecular flexibility index (Phi) is 3.64. The molecule has 1 fully saturated rings. The van der Waals surface area contributed by atoms with Gasteiger partial charge in [0.25, 0.3) is 5.91 Å². The fraction of sp³-hybridized carbons (Fsp3) is 0.583. The first kappa shape index (κ1) is 12.6. The standard InChI is InChI=1S/C12H17N3O3/c1-15-7-6-10(14-15)11(16)13-9-5-3-2-4-8(9)12(17)18/h6-9H,2-5H2,1H3,(H,13,16)(H,17,18). The van der Waals surface area contributed by atoms with Gasteiger partial charge in [-0.2, -0.15) is 5.10 Å². The Balaban J connectivity index is 2.03. The van der Waals surface area contributed by atoms with Gasteiger partial charge in [-0.25, -0.2) is 0 Å². The van der Waals surface area contributed by atoms with Gasteiger partial charge >= 0.3 is 5.97 Å². The maximum Gasteiger partial charge on any atom is 0.308 e. The number of nitrogens with one attached hydrogen (secondary N) is 1. The maximum absolute atomic E-state index is 11.9. The van der Waals surface area contributed by atoms with E-state index in [9.17, 15) is 9.59 Å². The maximum atomic E-state index is 11.9. The molecule has 1 aromatic rings. The van der Waals surface area contributed by atoms with Gasteiger partial charge in [-0.1, -0.05) is 12.8 Å². The Labute approximate surface area is 105 Å². The molecule has 2 atom stereocenters. The van der Waals surface area contributed by atoms with E-state index < -0.39 is 11.9 Å². The predicted molar refractivity (Wildman–Crippen MR) is 64.1 cm³/mol. The molecule has 2 rings (SSSR count). The van der Waals surface area contributed by atoms with Crippen molar-refractivity contribution in [3.63, 3.8) is 0 Å². The highest BCUT2D eigenvalue weighted by Crippen LogP contribution is 2.24. The number of aromatic nitrogens is 2. The van der Waals surface area contributed by atoms with E-state index in [1.165, 1.54) is 0 Å². The Hall–Kier alpha value is -1.85. The summed E-state index contributed by atoms with van der Waals surface area (Å²) in [5.41, 5.74) is 0.326. The molecule has 98 valence electrons. The van der Waals surface area contributed by atoms with Crippen molar-refractivity contribution in [3.05, 3.63) is 18.0 Å². The molecule has 1 aliphatic rings. The van der Waals surface area contributed by atoms with Gasteiger partial charge < -0.3 is 10.4 Å². The van der Waals surface area contributed by atoms with Crippen molar-refractivity contribution in [2.24, 2.45) is 13.0 Å². The first-order valence-corrected chi connectivity index (χ1v) is 6.11. The normalized spacial score (nSPS) is 23.6. The summed E-state index contributed by atoms with van der Waals surface area (Å²) in [5.74, 6) is -1.61. The molecule has 0 aromatic carbocycles. The number of carbonyl (C=O) groups excluding carboxylic acids is 1. The number of aryl methyl sites for hydroxylation is 1. The number of hydrogen-bond acceptors (Lipinski definition) is 3. The summed E-state index contributed by atoms with van der Waals surface area (Å²) in [6.07, 6.45) is 4.90. The summed E-state index contributed by atoms with van der Waals surface area (Å²) in [6, 6.07) is 1.33. The number of amides is 1. The van der Waals surface area contributed by atoms with Crippen LogP contribution < -0.4 is 5.32 Å². The second kappa shape index (κ2) is 5.20. The average Bonchev–Trinajstić information content (AvgIpc) is 2.76. The highest BCUT2D eigenvalue weighted by atomic mass is 16.4. The lowest BCUT2D eigenvalue weighted by atomic mass is 9.84. The molecule has 0 aliphatic heterocycles. The van der Waals surface area contributed by atoms with Gasteiger partial charge in [-0.05, 0) is 18.9 Å². The van der Waals surface area contributed by atoms with Gasteiger partial charge in [-0.3, -0.25) is 14.3 Å². The molecule has 2 N–H and O–H groups in total. The van der Waals surface area contributed by atoms with E-state index in [1.807, 2.05) is 0 Å². The first-order valence-electron chi connectivity index (χ1n) is 6.11. The quantitative estimate of drug-likeness (QED) is 0.832. The van der Waals surface area contributed by atoms with Crippen LogP contribution in [0.15, 0.2) is 12.3 Å². The zero-order valence-corrected chi connectivity index (χ0v) is 10.3. The van der Waals surface area contributed by atoms with E-state index in [1.54, 1.807) is 24.0 Å². The molecule has 1 heterocycles. The largest absolute Gasteiger partial charge is 0.481 e. The van der Waals surface area contributed by atoms with Crippen LogP contribution in [0.4, 0.5) is 0 Å². The van der Waals surface area contributed by atoms with Crippen LogP contribution >= 0.6 is 0 Å². The third-order valence-corrected chi connectivity index (χ3v) is 3.35. The van der Waals surface area contributed by atoms with Crippen molar-refractivity contribution in [2.75, 3.05) is 0 Å². The van der Waals surface area contributed by atoms with Crippen molar-refractivity contribution < 1.29 is 14.7 Å². The van der Waals surface area contributed by atoms with E-state index in [-0.39, 0.29) is 11.9 Å². The Morgan fingerprint density at radius 1 is 1.44 bits per heavy atom. The zero-order chi connectivity index (χ0) is 13.1. The number of aliphatic carboxylic acids is 1. The topological polar surface area (TPSA) is 84.2 Å². The molecule has 2 unspecified atom stereocenters. The minimum atomic E-state index is -0.832. The monoisotopic (exact) mass is 251 g/mol. The van der Waals surface area contributed by atoms with Gasteiger partial charge in [0.1, 0.15) is 5.69 Å². The van der Waals surface area contributed by atoms with Gasteiger partial charge in [0.2, 0.25) is 0 Å². The molecule has 1 saturated carbocycles. The molecule has 0 radical (unpaired) electrons. The third kappa shape index (κ3) is 2.69. The molecule has 0 bridgehead atoms. The molecule has 0 spiro atoms. The number of carboxylic acids is 1. The molecular formula is C12H17N3O3. The summed E-state index contributed by atoms with van der Waals surface area (Å²) in [7, 11) is 1.73. The van der Waals surface area contributed by atoms with Crippen molar-refractivity contribution in [2.45, 2.75) is 31.7 Å². The lowest BCUT2D eigenvalue weighted by molar-refractivity contribution is -0.143. The number of carbonyl (C=O) groups is 2. The van der Waals surface area contributed by atoms with Crippen LogP contribution in [0.25, 0.3) is 0 Å². The Bertz CT molecular complexity index is 455. The van der Waals surface area contributed by atoms with Gasteiger partial charge in [-0.15, -0.1) is 0 Å². The van der Waals surface area contributed by atoms with Crippen molar-refractivity contribution in [1.82, 2.24) is 15.1 Å². The second-order valence-corrected chi connectivity index (χ2v) is 4.68. The lowest BCUT2D eigenvalue weighted by Gasteiger charge is -2.28. The summed E-state index contributed by atoms with van der Waals surface area (Å²) in [5, 5.41) is 15.9. The van der Waals surface area contributed by atoms with Gasteiger partial charge in [0.15, 0.2) is 0 Å². The second-order valence-electron chi connectivity index (χ2n) is 4.68. The molecular weight excluding hydrogens is 234 g/mol. The third-order valence-electron chi connectivity index (χ3n) is 3.35. The van der Waals surface area contributed by atoms with Crippen molar-refractivity contribution in [1.29, 1.82) is 0 Å². The van der Waals surface area contributed by atoms with Crippen LogP contribution in [0, 0.1) is 5.92 Å². The predicted octanol–water partition coefficient (Wildman–Crippen LogP) is 0.793. The molecule has 0 saturated heterocycles. The molecule has 1 amide bonds. The van der Waals surface area contributed by atoms with Crippen LogP contribution in [0.3, 0.4) is 0 Å². The Morgan fingerprint density at radius 2 is 2.17 bits per heavy atom. The minimum Gasteiger partial charge on any atom is -0.481 e. The minimum absolute atomic E-state index is 0.286. The lowest BCUT2D eigenvalue weighted by Crippen LogP contribution is -2.45. The molecule has 18 heavy (non-hydrogen) atoms. The van der Waals surface area contributed by atoms with E-state index in [4.69, 9.17) is 5.11 Å². The smallest absolute Gasteiger partial charge is 0.308 e. The highest BCUT2D eigenvalue weighted by molar-refractivity contribution is 5.92. The summed E-state index contributed by atoms with van der Waals surface area (Å²) in [6.45, 7) is 0. The van der Waals surface area contributed by atoms with Gasteiger partial charge in [0.05, 0.1) is 5.92 Å². The van der Waals surface area contributed by atoms with Crippen molar-refractivity contribution in [3.8, 4) is 0 Å². The van der Waals surface area contributed by atoms with Gasteiger partial charge in [0, 0.05) is 19.3 Å². The van der Waals surface area contributed by atoms with E-state index in [2.05, 4.69) is 10.4 Å². The SMILES string of the molecule is Cn1ccc(C(=O)NC2CCCCC2C(=O)O)n1. The zero-order valence-electron chi connectivity index (χ0n) is 10.3. The fourth-order valence-corrected chi connectivity index (χ4v) is 2.38. The highest BCUT2D eigenvalue weighted by Gasteiger charge is 2.32. The summed E-state index contributed by atoms with van der Waals surface area (Å²) < 4.78 is 1.55. The molecule has 1 aromatic heterocycles. The van der Waals surface area contributed by atoms with E-state index >= 15 is 0 Å². The van der Waals surface area contributed by atoms with Crippen LogP contribution in [0.5, 0.6) is 0 Å². The number of hydrogen-bond donors (Lipinski definition) is 2. The molecule has 1 aliphatic carbocycles. The van der Waals surface area contributed by atoms with Crippen molar-refractivity contribution >= 4 is 11.9 Å². The van der Waals surface area contributed by atoms with Crippen LogP contribution in [0.1, 0.15) is 36.2 Å². The van der Waals surface area contributed by atoms with Crippen LogP contribution in [-0.4, -0.2) is 32.8 Å². The molecule has 6 nitrogen and oxygen atoms in total.